The lowest BCUT2D eigenvalue weighted by Crippen LogP contribution is -2.31. The fourth-order valence-electron chi connectivity index (χ4n) is 3.12. The van der Waals surface area contributed by atoms with E-state index in [1.54, 1.807) is 11.3 Å². The number of anilines is 1. The maximum Gasteiger partial charge on any atom is 0.238 e. The molecule has 2 aromatic carbocycles. The van der Waals surface area contributed by atoms with E-state index in [-0.39, 0.29) is 18.5 Å². The molecule has 2 heterocycles. The zero-order valence-electron chi connectivity index (χ0n) is 15.4. The Morgan fingerprint density at radius 3 is 2.61 bits per heavy atom. The smallest absolute Gasteiger partial charge is 0.238 e. The molecule has 1 aromatic heterocycles. The molecular formula is C22H22N2O3S. The number of hydrogen-bond acceptors (Lipinski definition) is 5. The molecule has 0 spiro atoms. The van der Waals surface area contributed by atoms with E-state index in [0.717, 1.165) is 17.7 Å². The third kappa shape index (κ3) is 4.52. The Morgan fingerprint density at radius 1 is 1.00 bits per heavy atom. The van der Waals surface area contributed by atoms with E-state index in [9.17, 15) is 4.79 Å². The van der Waals surface area contributed by atoms with Gasteiger partial charge in [0.15, 0.2) is 11.5 Å². The minimum Gasteiger partial charge on any atom is -0.490 e. The quantitative estimate of drug-likeness (QED) is 0.657. The lowest BCUT2D eigenvalue weighted by Gasteiger charge is -2.18. The molecule has 0 fully saturated rings. The molecule has 3 aromatic rings. The molecule has 6 heteroatoms. The number of thiophene rings is 1. The molecule has 5 nitrogen and oxygen atoms in total. The zero-order chi connectivity index (χ0) is 19.2. The first-order valence-electron chi connectivity index (χ1n) is 9.31. The fraction of sp³-hybridized carbons (Fsp3) is 0.227. The van der Waals surface area contributed by atoms with Crippen LogP contribution in [0.15, 0.2) is 66.0 Å². The number of ether oxygens (including phenoxy) is 2. The zero-order valence-corrected chi connectivity index (χ0v) is 16.2. The summed E-state index contributed by atoms with van der Waals surface area (Å²) in [6.45, 7) is 1.46. The summed E-state index contributed by atoms with van der Waals surface area (Å²) in [5, 5.41) is 8.35. The molecule has 144 valence electrons. The monoisotopic (exact) mass is 394 g/mol. The first-order valence-corrected chi connectivity index (χ1v) is 10.2. The number of amides is 1. The van der Waals surface area contributed by atoms with Crippen LogP contribution in [0.3, 0.4) is 0 Å². The molecule has 4 rings (SSSR count). The van der Waals surface area contributed by atoms with Crippen LogP contribution in [0.2, 0.25) is 0 Å². The van der Waals surface area contributed by atoms with Crippen LogP contribution in [0.1, 0.15) is 22.9 Å². The first-order chi connectivity index (χ1) is 13.8. The van der Waals surface area contributed by atoms with E-state index < -0.39 is 0 Å². The molecule has 0 saturated heterocycles. The fourth-order valence-corrected chi connectivity index (χ4v) is 3.95. The summed E-state index contributed by atoms with van der Waals surface area (Å²) in [4.78, 5) is 13.7. The molecule has 1 atom stereocenters. The molecule has 28 heavy (non-hydrogen) atoms. The van der Waals surface area contributed by atoms with Gasteiger partial charge in [0.2, 0.25) is 5.91 Å². The van der Waals surface area contributed by atoms with Crippen LogP contribution < -0.4 is 20.1 Å². The summed E-state index contributed by atoms with van der Waals surface area (Å²) in [5.41, 5.74) is 1.83. The van der Waals surface area contributed by atoms with Crippen molar-refractivity contribution >= 4 is 22.9 Å². The second-order valence-corrected chi connectivity index (χ2v) is 7.48. The van der Waals surface area contributed by atoms with Crippen LogP contribution in [0.4, 0.5) is 5.69 Å². The van der Waals surface area contributed by atoms with E-state index in [1.807, 2.05) is 47.8 Å². The van der Waals surface area contributed by atoms with Gasteiger partial charge in [0.1, 0.15) is 0 Å². The van der Waals surface area contributed by atoms with Crippen molar-refractivity contribution in [2.75, 3.05) is 25.1 Å². The SMILES string of the molecule is O=C(CNC(c1ccccc1)c1cccs1)Nc1ccc2c(c1)OCCCO2. The molecule has 2 N–H and O–H groups in total. The summed E-state index contributed by atoms with van der Waals surface area (Å²) in [7, 11) is 0. The van der Waals surface area contributed by atoms with Gasteiger partial charge in [-0.2, -0.15) is 0 Å². The highest BCUT2D eigenvalue weighted by atomic mass is 32.1. The second kappa shape index (κ2) is 8.91. The third-order valence-electron chi connectivity index (χ3n) is 4.46. The Balaban J connectivity index is 1.41. The van der Waals surface area contributed by atoms with Crippen LogP contribution in [-0.2, 0) is 4.79 Å². The molecule has 0 bridgehead atoms. The van der Waals surface area contributed by atoms with Crippen molar-refractivity contribution in [1.29, 1.82) is 0 Å². The van der Waals surface area contributed by atoms with E-state index in [2.05, 4.69) is 28.8 Å². The second-order valence-electron chi connectivity index (χ2n) is 6.50. The Labute approximate surface area is 168 Å². The maximum absolute atomic E-state index is 12.5. The van der Waals surface area contributed by atoms with Crippen molar-refractivity contribution in [3.8, 4) is 11.5 Å². The van der Waals surface area contributed by atoms with Gasteiger partial charge in [0.05, 0.1) is 25.8 Å². The van der Waals surface area contributed by atoms with Crippen molar-refractivity contribution in [3.63, 3.8) is 0 Å². The summed E-state index contributed by atoms with van der Waals surface area (Å²) in [5.74, 6) is 1.28. The molecule has 0 aliphatic carbocycles. The van der Waals surface area contributed by atoms with Gasteiger partial charge in [0, 0.05) is 23.1 Å². The van der Waals surface area contributed by atoms with E-state index in [0.29, 0.717) is 24.7 Å². The summed E-state index contributed by atoms with van der Waals surface area (Å²) in [6, 6.07) is 19.7. The Bertz CT molecular complexity index is 913. The molecule has 1 aliphatic heterocycles. The molecule has 0 saturated carbocycles. The average Bonchev–Trinajstić information content (AvgIpc) is 3.14. The number of nitrogens with one attached hydrogen (secondary N) is 2. The summed E-state index contributed by atoms with van der Waals surface area (Å²) >= 11 is 1.67. The van der Waals surface area contributed by atoms with Gasteiger partial charge in [-0.05, 0) is 29.1 Å². The van der Waals surface area contributed by atoms with E-state index in [1.165, 1.54) is 4.88 Å². The van der Waals surface area contributed by atoms with Gasteiger partial charge in [-0.3, -0.25) is 10.1 Å². The van der Waals surface area contributed by atoms with Crippen molar-refractivity contribution in [1.82, 2.24) is 5.32 Å². The number of rotatable bonds is 6. The highest BCUT2D eigenvalue weighted by Crippen LogP contribution is 2.32. The topological polar surface area (TPSA) is 59.6 Å². The Hall–Kier alpha value is -2.83. The lowest BCUT2D eigenvalue weighted by molar-refractivity contribution is -0.115. The largest absolute Gasteiger partial charge is 0.490 e. The summed E-state index contributed by atoms with van der Waals surface area (Å²) < 4.78 is 11.3. The molecule has 1 amide bonds. The van der Waals surface area contributed by atoms with Gasteiger partial charge >= 0.3 is 0 Å². The van der Waals surface area contributed by atoms with Crippen LogP contribution in [0.25, 0.3) is 0 Å². The van der Waals surface area contributed by atoms with Gasteiger partial charge in [0.25, 0.3) is 0 Å². The highest BCUT2D eigenvalue weighted by molar-refractivity contribution is 7.10. The minimum absolute atomic E-state index is 0.0178. The Kier molecular flexibility index (Phi) is 5.89. The van der Waals surface area contributed by atoms with Crippen molar-refractivity contribution < 1.29 is 14.3 Å². The van der Waals surface area contributed by atoms with Crippen molar-refractivity contribution in [2.24, 2.45) is 0 Å². The van der Waals surface area contributed by atoms with E-state index in [4.69, 9.17) is 9.47 Å². The van der Waals surface area contributed by atoms with Gasteiger partial charge in [-0.15, -0.1) is 11.3 Å². The van der Waals surface area contributed by atoms with Crippen LogP contribution >= 0.6 is 11.3 Å². The standard InChI is InChI=1S/C22H22N2O3S/c25-21(24-17-9-10-18-19(14-17)27-12-5-11-26-18)15-23-22(20-8-4-13-28-20)16-6-2-1-3-7-16/h1-4,6-10,13-14,22-23H,5,11-12,15H2,(H,24,25). The number of benzene rings is 2. The number of carbonyl (C=O) groups excluding carboxylic acids is 1. The number of fused-ring (bicyclic) bond motifs is 1. The van der Waals surface area contributed by atoms with Crippen LogP contribution in [-0.4, -0.2) is 25.7 Å². The molecule has 1 unspecified atom stereocenters. The van der Waals surface area contributed by atoms with Gasteiger partial charge < -0.3 is 14.8 Å². The number of hydrogen-bond donors (Lipinski definition) is 2. The predicted octanol–water partition coefficient (Wildman–Crippen LogP) is 4.23. The third-order valence-corrected chi connectivity index (χ3v) is 5.40. The molecular weight excluding hydrogens is 372 g/mol. The normalized spacial score (nSPS) is 14.1. The minimum atomic E-state index is -0.105. The van der Waals surface area contributed by atoms with Gasteiger partial charge in [-0.25, -0.2) is 0 Å². The molecule has 1 aliphatic rings. The van der Waals surface area contributed by atoms with E-state index >= 15 is 0 Å². The Morgan fingerprint density at radius 2 is 1.82 bits per heavy atom. The van der Waals surface area contributed by atoms with Crippen molar-refractivity contribution in [3.05, 3.63) is 76.5 Å². The number of carbonyl (C=O) groups is 1. The first kappa shape index (κ1) is 18.5. The highest BCUT2D eigenvalue weighted by Gasteiger charge is 2.17. The van der Waals surface area contributed by atoms with Crippen LogP contribution in [0, 0.1) is 0 Å². The molecule has 0 radical (unpaired) electrons. The van der Waals surface area contributed by atoms with Crippen molar-refractivity contribution in [2.45, 2.75) is 12.5 Å². The predicted molar refractivity (Wildman–Crippen MR) is 111 cm³/mol. The lowest BCUT2D eigenvalue weighted by atomic mass is 10.1. The van der Waals surface area contributed by atoms with Crippen LogP contribution in [0.5, 0.6) is 11.5 Å². The summed E-state index contributed by atoms with van der Waals surface area (Å²) in [6.07, 6.45) is 0.851. The average molecular weight is 394 g/mol. The van der Waals surface area contributed by atoms with Gasteiger partial charge in [-0.1, -0.05) is 36.4 Å². The maximum atomic E-state index is 12.5.